The zero-order valence-electron chi connectivity index (χ0n) is 4.22. The summed E-state index contributed by atoms with van der Waals surface area (Å²) in [7, 11) is 0.0448. The van der Waals surface area contributed by atoms with Crippen LogP contribution in [0.4, 0.5) is 0 Å². The molecular weight excluding hydrogens is 109 g/mol. The summed E-state index contributed by atoms with van der Waals surface area (Å²) in [6, 6.07) is 0. The van der Waals surface area contributed by atoms with Crippen molar-refractivity contribution in [2.24, 2.45) is 0 Å². The standard InChI is InChI=1S/C4H10NOP/c6-7-5-3-1-2-4-5/h6-7H,1-4H2. The first-order chi connectivity index (χ1) is 3.43. The second kappa shape index (κ2) is 2.61. The van der Waals surface area contributed by atoms with Gasteiger partial charge in [0.15, 0.2) is 0 Å². The van der Waals surface area contributed by atoms with E-state index in [1.54, 1.807) is 0 Å². The van der Waals surface area contributed by atoms with Crippen molar-refractivity contribution in [3.05, 3.63) is 0 Å². The summed E-state index contributed by atoms with van der Waals surface area (Å²) in [5, 5.41) is 0. The lowest BCUT2D eigenvalue weighted by Gasteiger charge is -2.06. The SMILES string of the molecule is OPN1CCCC1. The van der Waals surface area contributed by atoms with Crippen molar-refractivity contribution in [3.63, 3.8) is 0 Å². The molecule has 1 rings (SSSR count). The van der Waals surface area contributed by atoms with E-state index < -0.39 is 0 Å². The minimum absolute atomic E-state index is 0.0448. The van der Waals surface area contributed by atoms with Gasteiger partial charge in [-0.3, -0.25) is 4.67 Å². The van der Waals surface area contributed by atoms with E-state index >= 15 is 0 Å². The van der Waals surface area contributed by atoms with Crippen LogP contribution in [0, 0.1) is 0 Å². The molecule has 2 nitrogen and oxygen atoms in total. The van der Waals surface area contributed by atoms with Gasteiger partial charge in [-0.15, -0.1) is 0 Å². The predicted octanol–water partition coefficient (Wildman–Crippen LogP) is 0.583. The molecule has 7 heavy (non-hydrogen) atoms. The van der Waals surface area contributed by atoms with Crippen LogP contribution < -0.4 is 0 Å². The smallest absolute Gasteiger partial charge is 0.0852 e. The molecule has 0 spiro atoms. The van der Waals surface area contributed by atoms with Gasteiger partial charge in [0.2, 0.25) is 0 Å². The molecule has 1 N–H and O–H groups in total. The van der Waals surface area contributed by atoms with Crippen LogP contribution in [0.2, 0.25) is 0 Å². The lowest BCUT2D eigenvalue weighted by atomic mass is 10.4. The fourth-order valence-corrected chi connectivity index (χ4v) is 1.33. The van der Waals surface area contributed by atoms with E-state index in [2.05, 4.69) is 4.67 Å². The van der Waals surface area contributed by atoms with Gasteiger partial charge in [-0.1, -0.05) is 0 Å². The molecule has 1 saturated heterocycles. The maximum atomic E-state index is 8.52. The Morgan fingerprint density at radius 2 is 1.86 bits per heavy atom. The molecule has 1 heterocycles. The summed E-state index contributed by atoms with van der Waals surface area (Å²) in [6.07, 6.45) is 2.54. The second-order valence-corrected chi connectivity index (χ2v) is 2.63. The normalized spacial score (nSPS) is 25.3. The van der Waals surface area contributed by atoms with Crippen LogP contribution in [0.3, 0.4) is 0 Å². The summed E-state index contributed by atoms with van der Waals surface area (Å²) in [4.78, 5) is 8.52. The summed E-state index contributed by atoms with van der Waals surface area (Å²) in [5.74, 6) is 0. The van der Waals surface area contributed by atoms with E-state index in [1.165, 1.54) is 12.8 Å². The third-order valence-electron chi connectivity index (χ3n) is 1.25. The van der Waals surface area contributed by atoms with E-state index in [-0.39, 0.29) is 8.96 Å². The largest absolute Gasteiger partial charge is 0.361 e. The highest BCUT2D eigenvalue weighted by molar-refractivity contribution is 7.28. The van der Waals surface area contributed by atoms with Crippen molar-refractivity contribution >= 4 is 8.96 Å². The topological polar surface area (TPSA) is 23.5 Å². The maximum Gasteiger partial charge on any atom is 0.0852 e. The highest BCUT2D eigenvalue weighted by Gasteiger charge is 2.08. The van der Waals surface area contributed by atoms with Crippen LogP contribution in [0.1, 0.15) is 12.8 Å². The van der Waals surface area contributed by atoms with Crippen LogP contribution in [0.15, 0.2) is 0 Å². The fraction of sp³-hybridized carbons (Fsp3) is 1.00. The first kappa shape index (κ1) is 5.49. The van der Waals surface area contributed by atoms with Gasteiger partial charge in [-0.05, 0) is 12.8 Å². The van der Waals surface area contributed by atoms with Gasteiger partial charge < -0.3 is 4.89 Å². The fourth-order valence-electron chi connectivity index (χ4n) is 0.817. The average molecular weight is 119 g/mol. The first-order valence-corrected chi connectivity index (χ1v) is 3.47. The third-order valence-corrected chi connectivity index (χ3v) is 1.98. The van der Waals surface area contributed by atoms with Crippen molar-refractivity contribution in [3.8, 4) is 0 Å². The first-order valence-electron chi connectivity index (χ1n) is 2.58. The molecule has 1 fully saturated rings. The molecule has 0 bridgehead atoms. The molecule has 3 heteroatoms. The number of rotatable bonds is 1. The highest BCUT2D eigenvalue weighted by Crippen LogP contribution is 2.18. The van der Waals surface area contributed by atoms with E-state index in [9.17, 15) is 0 Å². The summed E-state index contributed by atoms with van der Waals surface area (Å²) in [5.41, 5.74) is 0. The Balaban J connectivity index is 2.14. The molecule has 1 unspecified atom stereocenters. The Kier molecular flexibility index (Phi) is 2.04. The van der Waals surface area contributed by atoms with Crippen LogP contribution in [-0.2, 0) is 0 Å². The van der Waals surface area contributed by atoms with Crippen molar-refractivity contribution < 1.29 is 4.89 Å². The molecule has 0 aromatic heterocycles. The van der Waals surface area contributed by atoms with Crippen LogP contribution in [0.25, 0.3) is 0 Å². The number of hydrogen-bond acceptors (Lipinski definition) is 2. The van der Waals surface area contributed by atoms with E-state index in [0.717, 1.165) is 13.1 Å². The lowest BCUT2D eigenvalue weighted by Crippen LogP contribution is -2.05. The number of hydrogen-bond donors (Lipinski definition) is 1. The van der Waals surface area contributed by atoms with E-state index in [4.69, 9.17) is 4.89 Å². The van der Waals surface area contributed by atoms with Gasteiger partial charge in [0, 0.05) is 13.1 Å². The molecule has 0 radical (unpaired) electrons. The van der Waals surface area contributed by atoms with E-state index in [1.807, 2.05) is 0 Å². The Morgan fingerprint density at radius 1 is 1.29 bits per heavy atom. The maximum absolute atomic E-state index is 8.52. The molecule has 0 aromatic rings. The molecule has 1 aliphatic heterocycles. The second-order valence-electron chi connectivity index (χ2n) is 1.79. The van der Waals surface area contributed by atoms with Gasteiger partial charge in [0.25, 0.3) is 0 Å². The molecule has 0 aliphatic carbocycles. The van der Waals surface area contributed by atoms with Crippen molar-refractivity contribution in [1.29, 1.82) is 0 Å². The van der Waals surface area contributed by atoms with Gasteiger partial charge >= 0.3 is 0 Å². The zero-order valence-corrected chi connectivity index (χ0v) is 5.22. The minimum atomic E-state index is 0.0448. The lowest BCUT2D eigenvalue weighted by molar-refractivity contribution is 0.500. The van der Waals surface area contributed by atoms with Gasteiger partial charge in [0.05, 0.1) is 8.96 Å². The molecule has 42 valence electrons. The third kappa shape index (κ3) is 1.37. The quantitative estimate of drug-likeness (QED) is 0.510. The summed E-state index contributed by atoms with van der Waals surface area (Å²) in [6.45, 7) is 2.21. The summed E-state index contributed by atoms with van der Waals surface area (Å²) < 4.78 is 2.07. The number of nitrogens with zero attached hydrogens (tertiary/aromatic N) is 1. The zero-order chi connectivity index (χ0) is 5.11. The van der Waals surface area contributed by atoms with Crippen LogP contribution in [0.5, 0.6) is 0 Å². The monoisotopic (exact) mass is 119 g/mol. The molecule has 0 amide bonds. The van der Waals surface area contributed by atoms with Crippen LogP contribution >= 0.6 is 8.96 Å². The van der Waals surface area contributed by atoms with Gasteiger partial charge in [0.1, 0.15) is 0 Å². The molecule has 1 atom stereocenters. The van der Waals surface area contributed by atoms with E-state index in [0.29, 0.717) is 0 Å². The Bertz CT molecular complexity index is 53.7. The van der Waals surface area contributed by atoms with Gasteiger partial charge in [-0.25, -0.2) is 0 Å². The summed E-state index contributed by atoms with van der Waals surface area (Å²) >= 11 is 0. The van der Waals surface area contributed by atoms with Gasteiger partial charge in [-0.2, -0.15) is 0 Å². The average Bonchev–Trinajstić information content (AvgIpc) is 2.14. The molecular formula is C4H10NOP. The highest BCUT2D eigenvalue weighted by atomic mass is 31.1. The van der Waals surface area contributed by atoms with Crippen molar-refractivity contribution in [2.75, 3.05) is 13.1 Å². The molecule has 1 aliphatic rings. The van der Waals surface area contributed by atoms with Crippen molar-refractivity contribution in [1.82, 2.24) is 4.67 Å². The van der Waals surface area contributed by atoms with Crippen LogP contribution in [-0.4, -0.2) is 22.7 Å². The van der Waals surface area contributed by atoms with Crippen molar-refractivity contribution in [2.45, 2.75) is 12.8 Å². The Morgan fingerprint density at radius 3 is 2.14 bits per heavy atom. The predicted molar refractivity (Wildman–Crippen MR) is 31.3 cm³/mol. The Hall–Kier alpha value is 0.350. The minimum Gasteiger partial charge on any atom is -0.361 e. The Labute approximate surface area is 45.4 Å². The molecule has 0 aromatic carbocycles. The molecule has 0 saturated carbocycles.